The van der Waals surface area contributed by atoms with Crippen molar-refractivity contribution in [3.63, 3.8) is 0 Å². The summed E-state index contributed by atoms with van der Waals surface area (Å²) in [7, 11) is -1.38. The van der Waals surface area contributed by atoms with Crippen LogP contribution < -0.4 is 0 Å². The lowest BCUT2D eigenvalue weighted by atomic mass is 10.2. The fourth-order valence-electron chi connectivity index (χ4n) is 0.799. The van der Waals surface area contributed by atoms with Crippen molar-refractivity contribution in [1.29, 1.82) is 0 Å². The van der Waals surface area contributed by atoms with Gasteiger partial charge in [-0.25, -0.2) is 0 Å². The Morgan fingerprint density at radius 3 is 2.36 bits per heavy atom. The summed E-state index contributed by atoms with van der Waals surface area (Å²) in [6.07, 6.45) is 1.96. The first kappa shape index (κ1) is 10.9. The number of allylic oxidation sites excluding steroid dienone is 1. The first-order valence-electron chi connectivity index (χ1n) is 4.23. The first-order valence-corrected chi connectivity index (χ1v) is 7.34. The van der Waals surface area contributed by atoms with Crippen molar-refractivity contribution >= 4 is 8.32 Å². The Hall–Kier alpha value is -0.0831. The highest BCUT2D eigenvalue weighted by Crippen LogP contribution is 2.12. The van der Waals surface area contributed by atoms with Crippen LogP contribution in [0.15, 0.2) is 12.7 Å². The largest absolute Gasteiger partial charge is 0.417 e. The zero-order chi connectivity index (χ0) is 8.91. The van der Waals surface area contributed by atoms with Crippen LogP contribution >= 0.6 is 0 Å². The molecule has 0 aromatic carbocycles. The Morgan fingerprint density at radius 1 is 1.45 bits per heavy atom. The second-order valence-electron chi connectivity index (χ2n) is 3.96. The van der Waals surface area contributed by atoms with Crippen molar-refractivity contribution in [1.82, 2.24) is 0 Å². The van der Waals surface area contributed by atoms with Gasteiger partial charge in [-0.3, -0.25) is 0 Å². The summed E-state index contributed by atoms with van der Waals surface area (Å²) < 4.78 is 5.80. The molecule has 66 valence electrons. The van der Waals surface area contributed by atoms with Gasteiger partial charge in [-0.15, -0.1) is 6.58 Å². The van der Waals surface area contributed by atoms with Crippen molar-refractivity contribution < 1.29 is 4.43 Å². The molecular weight excluding hydrogens is 152 g/mol. The smallest absolute Gasteiger partial charge is 0.190 e. The van der Waals surface area contributed by atoms with E-state index in [2.05, 4.69) is 33.5 Å². The number of rotatable bonds is 5. The highest BCUT2D eigenvalue weighted by molar-refractivity contribution is 6.71. The molecule has 0 aliphatic heterocycles. The van der Waals surface area contributed by atoms with Gasteiger partial charge in [0.1, 0.15) is 0 Å². The molecule has 0 amide bonds. The Kier molecular flexibility index (Phi) is 4.69. The number of hydrogen-bond acceptors (Lipinski definition) is 1. The zero-order valence-corrected chi connectivity index (χ0v) is 9.18. The lowest BCUT2D eigenvalue weighted by Gasteiger charge is -2.22. The monoisotopic (exact) mass is 172 g/mol. The van der Waals surface area contributed by atoms with Crippen molar-refractivity contribution in [2.24, 2.45) is 5.92 Å². The highest BCUT2D eigenvalue weighted by atomic mass is 28.4. The average molecular weight is 172 g/mol. The molecule has 0 bridgehead atoms. The third kappa shape index (κ3) is 6.32. The molecule has 0 saturated carbocycles. The van der Waals surface area contributed by atoms with E-state index in [0.717, 1.165) is 12.7 Å². The van der Waals surface area contributed by atoms with Crippen LogP contribution in [0.2, 0.25) is 19.1 Å². The fraction of sp³-hybridized carbons (Fsp3) is 0.778. The molecule has 0 fully saturated rings. The second-order valence-corrected chi connectivity index (χ2v) is 8.17. The van der Waals surface area contributed by atoms with E-state index in [9.17, 15) is 0 Å². The van der Waals surface area contributed by atoms with Crippen LogP contribution in [0.1, 0.15) is 13.8 Å². The molecule has 0 rings (SSSR count). The van der Waals surface area contributed by atoms with E-state index in [-0.39, 0.29) is 0 Å². The maximum absolute atomic E-state index is 5.80. The summed E-state index contributed by atoms with van der Waals surface area (Å²) in [5.41, 5.74) is 0. The van der Waals surface area contributed by atoms with Gasteiger partial charge in [0.05, 0.1) is 0 Å². The van der Waals surface area contributed by atoms with Gasteiger partial charge in [-0.1, -0.05) is 19.9 Å². The van der Waals surface area contributed by atoms with Crippen LogP contribution in [0.4, 0.5) is 0 Å². The fourth-order valence-corrected chi connectivity index (χ4v) is 2.40. The van der Waals surface area contributed by atoms with Crippen molar-refractivity contribution in [3.8, 4) is 0 Å². The third-order valence-electron chi connectivity index (χ3n) is 1.44. The van der Waals surface area contributed by atoms with Gasteiger partial charge in [0, 0.05) is 6.61 Å². The van der Waals surface area contributed by atoms with Crippen LogP contribution in [-0.4, -0.2) is 14.9 Å². The molecule has 0 aliphatic carbocycles. The van der Waals surface area contributed by atoms with Crippen molar-refractivity contribution in [2.75, 3.05) is 6.61 Å². The van der Waals surface area contributed by atoms with Crippen molar-refractivity contribution in [3.05, 3.63) is 12.7 Å². The maximum Gasteiger partial charge on any atom is 0.190 e. The second kappa shape index (κ2) is 4.73. The molecule has 11 heavy (non-hydrogen) atoms. The summed E-state index contributed by atoms with van der Waals surface area (Å²) in [6, 6.07) is 1.06. The topological polar surface area (TPSA) is 9.23 Å². The van der Waals surface area contributed by atoms with E-state index in [1.165, 1.54) is 0 Å². The Morgan fingerprint density at radius 2 is 2.00 bits per heavy atom. The molecule has 0 aromatic rings. The minimum Gasteiger partial charge on any atom is -0.417 e. The summed E-state index contributed by atoms with van der Waals surface area (Å²) >= 11 is 0. The molecule has 0 N–H and O–H groups in total. The van der Waals surface area contributed by atoms with Gasteiger partial charge in [-0.05, 0) is 25.1 Å². The molecular formula is C9H20OSi. The van der Waals surface area contributed by atoms with Gasteiger partial charge in [-0.2, -0.15) is 0 Å². The zero-order valence-electron chi connectivity index (χ0n) is 8.18. The first-order chi connectivity index (χ1) is 4.98. The van der Waals surface area contributed by atoms with Gasteiger partial charge in [0.15, 0.2) is 8.32 Å². The molecule has 0 saturated heterocycles. The van der Waals surface area contributed by atoms with Crippen LogP contribution in [-0.2, 0) is 4.43 Å². The van der Waals surface area contributed by atoms with Gasteiger partial charge in [0.25, 0.3) is 0 Å². The molecule has 2 heteroatoms. The van der Waals surface area contributed by atoms with Crippen molar-refractivity contribution in [2.45, 2.75) is 33.0 Å². The van der Waals surface area contributed by atoms with E-state index in [1.807, 2.05) is 6.08 Å². The molecule has 0 aromatic heterocycles. The molecule has 0 unspecified atom stereocenters. The Bertz CT molecular complexity index is 119. The molecule has 0 aliphatic rings. The average Bonchev–Trinajstić information content (AvgIpc) is 1.84. The van der Waals surface area contributed by atoms with E-state index in [1.54, 1.807) is 0 Å². The maximum atomic E-state index is 5.80. The third-order valence-corrected chi connectivity index (χ3v) is 3.66. The predicted molar refractivity (Wildman–Crippen MR) is 53.3 cm³/mol. The SMILES string of the molecule is C=CC[Si](C)(C)OCC(C)C. The van der Waals surface area contributed by atoms with Gasteiger partial charge < -0.3 is 4.43 Å². The molecule has 0 spiro atoms. The van der Waals surface area contributed by atoms with Crippen LogP contribution in [0.3, 0.4) is 0 Å². The van der Waals surface area contributed by atoms with E-state index < -0.39 is 8.32 Å². The molecule has 1 nitrogen and oxygen atoms in total. The van der Waals surface area contributed by atoms with E-state index in [0.29, 0.717) is 5.92 Å². The van der Waals surface area contributed by atoms with Crippen LogP contribution in [0.5, 0.6) is 0 Å². The lowest BCUT2D eigenvalue weighted by Crippen LogP contribution is -2.30. The van der Waals surface area contributed by atoms with Gasteiger partial charge >= 0.3 is 0 Å². The Labute approximate surface area is 71.6 Å². The van der Waals surface area contributed by atoms with E-state index >= 15 is 0 Å². The molecule has 0 atom stereocenters. The van der Waals surface area contributed by atoms with Crippen LogP contribution in [0.25, 0.3) is 0 Å². The standard InChI is InChI=1S/C9H20OSi/c1-6-7-11(4,5)10-8-9(2)3/h6,9H,1,7-8H2,2-5H3. The summed E-state index contributed by atoms with van der Waals surface area (Å²) in [4.78, 5) is 0. The Balaban J connectivity index is 3.62. The highest BCUT2D eigenvalue weighted by Gasteiger charge is 2.20. The quantitative estimate of drug-likeness (QED) is 0.457. The molecule has 0 heterocycles. The van der Waals surface area contributed by atoms with Gasteiger partial charge in [0.2, 0.25) is 0 Å². The minimum absolute atomic E-state index is 0.645. The summed E-state index contributed by atoms with van der Waals surface area (Å²) in [5, 5.41) is 0. The number of hydrogen-bond donors (Lipinski definition) is 0. The lowest BCUT2D eigenvalue weighted by molar-refractivity contribution is 0.262. The van der Waals surface area contributed by atoms with Crippen LogP contribution in [0, 0.1) is 5.92 Å². The summed E-state index contributed by atoms with van der Waals surface area (Å²) in [5.74, 6) is 0.645. The van der Waals surface area contributed by atoms with E-state index in [4.69, 9.17) is 4.43 Å². The summed E-state index contributed by atoms with van der Waals surface area (Å²) in [6.45, 7) is 13.4. The molecule has 0 radical (unpaired) electrons. The predicted octanol–water partition coefficient (Wildman–Crippen LogP) is 3.05. The normalized spacial score (nSPS) is 12.1. The minimum atomic E-state index is -1.38.